The van der Waals surface area contributed by atoms with Crippen LogP contribution in [0.25, 0.3) is 0 Å². The third-order valence-corrected chi connectivity index (χ3v) is 2.12. The second kappa shape index (κ2) is 9.27. The molecule has 0 spiro atoms. The molecular formula is C14H19F. The van der Waals surface area contributed by atoms with Gasteiger partial charge in [0.05, 0.1) is 0 Å². The first-order valence-electron chi connectivity index (χ1n) is 5.22. The Morgan fingerprint density at radius 3 is 2.80 bits per heavy atom. The van der Waals surface area contributed by atoms with Gasteiger partial charge in [-0.1, -0.05) is 35.6 Å². The van der Waals surface area contributed by atoms with Crippen molar-refractivity contribution >= 4 is 0 Å². The quantitative estimate of drug-likeness (QED) is 0.470. The topological polar surface area (TPSA) is 0 Å². The van der Waals surface area contributed by atoms with E-state index >= 15 is 0 Å². The van der Waals surface area contributed by atoms with Crippen molar-refractivity contribution in [3.8, 4) is 11.8 Å². The molecule has 15 heavy (non-hydrogen) atoms. The Labute approximate surface area is 92.6 Å². The summed E-state index contributed by atoms with van der Waals surface area (Å²) in [7, 11) is 0. The average Bonchev–Trinajstić information content (AvgIpc) is 2.23. The predicted molar refractivity (Wildman–Crippen MR) is 65.2 cm³/mol. The van der Waals surface area contributed by atoms with Crippen molar-refractivity contribution in [1.82, 2.24) is 0 Å². The van der Waals surface area contributed by atoms with E-state index in [0.29, 0.717) is 0 Å². The summed E-state index contributed by atoms with van der Waals surface area (Å²) in [5, 5.41) is 0. The lowest BCUT2D eigenvalue weighted by molar-refractivity contribution is 0.555. The Kier molecular flexibility index (Phi) is 8.47. The molecule has 0 amide bonds. The van der Waals surface area contributed by atoms with Gasteiger partial charge in [-0.3, -0.25) is 0 Å². The van der Waals surface area contributed by atoms with Crippen LogP contribution in [0.3, 0.4) is 0 Å². The first-order valence-corrected chi connectivity index (χ1v) is 5.22. The highest BCUT2D eigenvalue weighted by Crippen LogP contribution is 2.16. The van der Waals surface area contributed by atoms with Gasteiger partial charge in [-0.2, -0.15) is 0 Å². The van der Waals surface area contributed by atoms with E-state index in [2.05, 4.69) is 18.4 Å². The maximum absolute atomic E-state index is 12.2. The summed E-state index contributed by atoms with van der Waals surface area (Å²) < 4.78 is 12.2. The molecule has 0 aromatic heterocycles. The lowest BCUT2D eigenvalue weighted by atomic mass is 9.95. The van der Waals surface area contributed by atoms with Crippen LogP contribution in [0.15, 0.2) is 36.5 Å². The molecule has 0 bridgehead atoms. The normalized spacial score (nSPS) is 13.4. The first kappa shape index (κ1) is 13.7. The SMILES string of the molecule is C=CCCC(C#CC=CC)C(C)=CCF. The molecule has 1 atom stereocenters. The molecule has 0 aromatic carbocycles. The molecule has 1 heteroatoms. The third kappa shape index (κ3) is 6.74. The summed E-state index contributed by atoms with van der Waals surface area (Å²) in [6, 6.07) is 0. The lowest BCUT2D eigenvalue weighted by Gasteiger charge is -2.09. The van der Waals surface area contributed by atoms with Gasteiger partial charge in [0.1, 0.15) is 6.67 Å². The van der Waals surface area contributed by atoms with Crippen molar-refractivity contribution in [2.75, 3.05) is 6.67 Å². The minimum Gasteiger partial charge on any atom is -0.247 e. The maximum atomic E-state index is 12.2. The van der Waals surface area contributed by atoms with E-state index in [1.54, 1.807) is 6.08 Å². The minimum atomic E-state index is -0.415. The fourth-order valence-corrected chi connectivity index (χ4v) is 1.19. The van der Waals surface area contributed by atoms with E-state index in [-0.39, 0.29) is 5.92 Å². The minimum absolute atomic E-state index is 0.148. The molecular weight excluding hydrogens is 187 g/mol. The monoisotopic (exact) mass is 206 g/mol. The van der Waals surface area contributed by atoms with Crippen molar-refractivity contribution < 1.29 is 4.39 Å². The average molecular weight is 206 g/mol. The van der Waals surface area contributed by atoms with Crippen LogP contribution in [0.1, 0.15) is 26.7 Å². The summed E-state index contributed by atoms with van der Waals surface area (Å²) in [6.45, 7) is 7.12. The van der Waals surface area contributed by atoms with E-state index < -0.39 is 6.67 Å². The highest BCUT2D eigenvalue weighted by molar-refractivity contribution is 5.23. The molecule has 82 valence electrons. The van der Waals surface area contributed by atoms with Crippen molar-refractivity contribution in [1.29, 1.82) is 0 Å². The second-order valence-electron chi connectivity index (χ2n) is 3.31. The Balaban J connectivity index is 4.51. The van der Waals surface area contributed by atoms with Gasteiger partial charge >= 0.3 is 0 Å². The second-order valence-corrected chi connectivity index (χ2v) is 3.31. The molecule has 0 N–H and O–H groups in total. The number of alkyl halides is 1. The van der Waals surface area contributed by atoms with E-state index in [1.165, 1.54) is 0 Å². The van der Waals surface area contributed by atoms with Gasteiger partial charge in [-0.25, -0.2) is 4.39 Å². The molecule has 1 unspecified atom stereocenters. The zero-order valence-corrected chi connectivity index (χ0v) is 9.59. The number of hydrogen-bond acceptors (Lipinski definition) is 0. The molecule has 0 radical (unpaired) electrons. The standard InChI is InChI=1S/C14H19F/c1-4-6-8-10-14(9-7-5-2)13(3)11-12-15/h4-6,11,14H,2,7,9,12H2,1,3H3. The molecule has 0 aliphatic heterocycles. The summed E-state index contributed by atoms with van der Waals surface area (Å²) in [5.74, 6) is 6.22. The Bertz CT molecular complexity index is 286. The molecule has 0 aliphatic rings. The number of hydrogen-bond donors (Lipinski definition) is 0. The molecule has 0 aliphatic carbocycles. The van der Waals surface area contributed by atoms with Crippen LogP contribution in [0.4, 0.5) is 4.39 Å². The van der Waals surface area contributed by atoms with Gasteiger partial charge in [0.15, 0.2) is 0 Å². The first-order chi connectivity index (χ1) is 7.26. The molecule has 0 saturated heterocycles. The van der Waals surface area contributed by atoms with Crippen molar-refractivity contribution in [2.45, 2.75) is 26.7 Å². The highest BCUT2D eigenvalue weighted by atomic mass is 19.1. The Morgan fingerprint density at radius 2 is 2.27 bits per heavy atom. The summed E-state index contributed by atoms with van der Waals surface area (Å²) in [6.07, 6.45) is 8.99. The Hall–Kier alpha value is -1.29. The van der Waals surface area contributed by atoms with Gasteiger partial charge in [-0.05, 0) is 32.8 Å². The fraction of sp³-hybridized carbons (Fsp3) is 0.429. The Morgan fingerprint density at radius 1 is 1.53 bits per heavy atom. The van der Waals surface area contributed by atoms with E-state index in [0.717, 1.165) is 18.4 Å². The van der Waals surface area contributed by atoms with Gasteiger partial charge < -0.3 is 0 Å². The fourth-order valence-electron chi connectivity index (χ4n) is 1.19. The molecule has 0 saturated carbocycles. The van der Waals surface area contributed by atoms with Crippen LogP contribution in [-0.4, -0.2) is 6.67 Å². The smallest absolute Gasteiger partial charge is 0.108 e. The van der Waals surface area contributed by atoms with Crippen LogP contribution in [0, 0.1) is 17.8 Å². The van der Waals surface area contributed by atoms with Gasteiger partial charge in [0, 0.05) is 5.92 Å². The van der Waals surface area contributed by atoms with Crippen LogP contribution in [-0.2, 0) is 0 Å². The van der Waals surface area contributed by atoms with Crippen LogP contribution in [0.5, 0.6) is 0 Å². The van der Waals surface area contributed by atoms with Crippen molar-refractivity contribution in [3.63, 3.8) is 0 Å². The zero-order chi connectivity index (χ0) is 11.5. The van der Waals surface area contributed by atoms with Gasteiger partial charge in [0.2, 0.25) is 0 Å². The van der Waals surface area contributed by atoms with Crippen molar-refractivity contribution in [2.24, 2.45) is 5.92 Å². The highest BCUT2D eigenvalue weighted by Gasteiger charge is 2.05. The molecule has 0 nitrogen and oxygen atoms in total. The molecule has 0 aromatic rings. The molecule has 0 rings (SSSR count). The molecule has 0 heterocycles. The van der Waals surface area contributed by atoms with E-state index in [1.807, 2.05) is 32.1 Å². The predicted octanol–water partition coefficient (Wildman–Crippen LogP) is 4.06. The summed E-state index contributed by atoms with van der Waals surface area (Å²) in [4.78, 5) is 0. The number of allylic oxidation sites excluding steroid dienone is 5. The zero-order valence-electron chi connectivity index (χ0n) is 9.59. The summed E-state index contributed by atoms with van der Waals surface area (Å²) >= 11 is 0. The van der Waals surface area contributed by atoms with E-state index in [4.69, 9.17) is 0 Å². The summed E-state index contributed by atoms with van der Waals surface area (Å²) in [5.41, 5.74) is 1.01. The van der Waals surface area contributed by atoms with Crippen molar-refractivity contribution in [3.05, 3.63) is 36.5 Å². The van der Waals surface area contributed by atoms with Gasteiger partial charge in [0.25, 0.3) is 0 Å². The van der Waals surface area contributed by atoms with Crippen LogP contribution >= 0.6 is 0 Å². The number of halogens is 1. The lowest BCUT2D eigenvalue weighted by Crippen LogP contribution is -1.99. The maximum Gasteiger partial charge on any atom is 0.108 e. The number of rotatable bonds is 5. The third-order valence-electron chi connectivity index (χ3n) is 2.12. The van der Waals surface area contributed by atoms with E-state index in [9.17, 15) is 4.39 Å². The van der Waals surface area contributed by atoms with Gasteiger partial charge in [-0.15, -0.1) is 6.58 Å². The van der Waals surface area contributed by atoms with Crippen LogP contribution < -0.4 is 0 Å². The van der Waals surface area contributed by atoms with Crippen LogP contribution in [0.2, 0.25) is 0 Å². The largest absolute Gasteiger partial charge is 0.247 e. The molecule has 0 fully saturated rings.